The van der Waals surface area contributed by atoms with Gasteiger partial charge >= 0.3 is 0 Å². The first kappa shape index (κ1) is 19.4. The number of rotatable bonds is 5. The average molecular weight is 421 g/mol. The maximum Gasteiger partial charge on any atom is 0.134 e. The number of aryl methyl sites for hydroxylation is 2. The Bertz CT molecular complexity index is 1240. The van der Waals surface area contributed by atoms with Crippen LogP contribution in [0.5, 0.6) is 0 Å². The molecule has 1 aliphatic carbocycles. The second-order valence-electron chi connectivity index (χ2n) is 9.02. The van der Waals surface area contributed by atoms with Crippen LogP contribution in [0.1, 0.15) is 33.9 Å². The molecule has 0 amide bonds. The average Bonchev–Trinajstić information content (AvgIpc) is 3.33. The molecule has 0 unspecified atom stereocenters. The molecule has 4 nitrogen and oxygen atoms in total. The normalized spacial score (nSPS) is 15.1. The van der Waals surface area contributed by atoms with E-state index < -0.39 is 0 Å². The smallest absolute Gasteiger partial charge is 0.134 e. The molecular formula is C28H28N4. The highest BCUT2D eigenvalue weighted by Crippen LogP contribution is 2.36. The van der Waals surface area contributed by atoms with Crippen molar-refractivity contribution >= 4 is 0 Å². The molecule has 2 heterocycles. The molecular weight excluding hydrogens is 392 g/mol. The summed E-state index contributed by atoms with van der Waals surface area (Å²) in [5.41, 5.74) is 8.52. The lowest BCUT2D eigenvalue weighted by atomic mass is 10.0. The van der Waals surface area contributed by atoms with Crippen LogP contribution in [-0.2, 0) is 38.8 Å². The standard InChI is InChI=1S/C28H28N4/c1-2-6-21(7-3-1)11-13-27-29-30-28-14-15-31(16-17-32(27)28)20-22-10-12-26-24(18-22)19-23-8-4-5-9-25(23)26/h1-10,12,18H,11,13-17,19-20H2. The topological polar surface area (TPSA) is 34.0 Å². The van der Waals surface area contributed by atoms with Gasteiger partial charge in [-0.15, -0.1) is 10.2 Å². The van der Waals surface area contributed by atoms with Crippen LogP contribution in [0.2, 0.25) is 0 Å². The summed E-state index contributed by atoms with van der Waals surface area (Å²) in [6.45, 7) is 4.05. The van der Waals surface area contributed by atoms with E-state index in [0.717, 1.165) is 63.5 Å². The minimum atomic E-state index is 0.947. The highest BCUT2D eigenvalue weighted by molar-refractivity contribution is 5.76. The maximum atomic E-state index is 4.53. The minimum absolute atomic E-state index is 0.947. The number of benzene rings is 3. The van der Waals surface area contributed by atoms with Crippen LogP contribution in [0, 0.1) is 0 Å². The summed E-state index contributed by atoms with van der Waals surface area (Å²) in [4.78, 5) is 2.57. The highest BCUT2D eigenvalue weighted by Gasteiger charge is 2.21. The van der Waals surface area contributed by atoms with Gasteiger partial charge in [0.25, 0.3) is 0 Å². The Labute approximate surface area is 189 Å². The molecule has 1 aliphatic heterocycles. The molecule has 0 saturated carbocycles. The Morgan fingerprint density at radius 2 is 1.53 bits per heavy atom. The van der Waals surface area contributed by atoms with Gasteiger partial charge in [-0.3, -0.25) is 4.90 Å². The van der Waals surface area contributed by atoms with Crippen LogP contribution in [0.25, 0.3) is 11.1 Å². The lowest BCUT2D eigenvalue weighted by molar-refractivity contribution is 0.270. The van der Waals surface area contributed by atoms with E-state index in [0.29, 0.717) is 0 Å². The Kier molecular flexibility index (Phi) is 5.08. The van der Waals surface area contributed by atoms with Gasteiger partial charge < -0.3 is 4.57 Å². The predicted molar refractivity (Wildman–Crippen MR) is 128 cm³/mol. The molecule has 6 rings (SSSR count). The maximum absolute atomic E-state index is 4.53. The lowest BCUT2D eigenvalue weighted by Crippen LogP contribution is -2.26. The van der Waals surface area contributed by atoms with Crippen molar-refractivity contribution in [2.24, 2.45) is 0 Å². The van der Waals surface area contributed by atoms with E-state index in [1.807, 2.05) is 0 Å². The summed E-state index contributed by atoms with van der Waals surface area (Å²) in [7, 11) is 0. The van der Waals surface area contributed by atoms with Crippen molar-refractivity contribution in [3.05, 3.63) is 107 Å². The molecule has 0 bridgehead atoms. The summed E-state index contributed by atoms with van der Waals surface area (Å²) < 4.78 is 2.36. The van der Waals surface area contributed by atoms with Crippen molar-refractivity contribution in [1.82, 2.24) is 19.7 Å². The first-order valence-corrected chi connectivity index (χ1v) is 11.7. The van der Waals surface area contributed by atoms with E-state index in [-0.39, 0.29) is 0 Å². The van der Waals surface area contributed by atoms with Crippen LogP contribution in [0.4, 0.5) is 0 Å². The fourth-order valence-corrected chi connectivity index (χ4v) is 5.23. The molecule has 4 heteroatoms. The molecule has 32 heavy (non-hydrogen) atoms. The molecule has 0 atom stereocenters. The molecule has 1 aromatic heterocycles. The largest absolute Gasteiger partial charge is 0.314 e. The van der Waals surface area contributed by atoms with Crippen molar-refractivity contribution in [3.63, 3.8) is 0 Å². The van der Waals surface area contributed by atoms with E-state index in [2.05, 4.69) is 92.5 Å². The van der Waals surface area contributed by atoms with E-state index >= 15 is 0 Å². The van der Waals surface area contributed by atoms with E-state index in [9.17, 15) is 0 Å². The van der Waals surface area contributed by atoms with Crippen LogP contribution < -0.4 is 0 Å². The zero-order valence-electron chi connectivity index (χ0n) is 18.4. The van der Waals surface area contributed by atoms with Gasteiger partial charge in [0.1, 0.15) is 11.6 Å². The van der Waals surface area contributed by atoms with Gasteiger partial charge in [-0.1, -0.05) is 72.8 Å². The molecule has 0 N–H and O–H groups in total. The SMILES string of the molecule is c1ccc(CCc2nnc3n2CCN(Cc2ccc4c(c2)Cc2ccccc2-4)CC3)cc1. The van der Waals surface area contributed by atoms with Gasteiger partial charge in [0.05, 0.1) is 0 Å². The minimum Gasteiger partial charge on any atom is -0.314 e. The van der Waals surface area contributed by atoms with E-state index in [4.69, 9.17) is 0 Å². The van der Waals surface area contributed by atoms with Crippen LogP contribution in [0.3, 0.4) is 0 Å². The Balaban J connectivity index is 1.12. The predicted octanol–water partition coefficient (Wildman–Crippen LogP) is 4.69. The van der Waals surface area contributed by atoms with Crippen molar-refractivity contribution < 1.29 is 0 Å². The molecule has 4 aromatic rings. The summed E-state index contributed by atoms with van der Waals surface area (Å²) in [6.07, 6.45) is 3.99. The van der Waals surface area contributed by atoms with Crippen molar-refractivity contribution in [2.75, 3.05) is 13.1 Å². The fraction of sp³-hybridized carbons (Fsp3) is 0.286. The number of fused-ring (bicyclic) bond motifs is 4. The zero-order chi connectivity index (χ0) is 21.3. The van der Waals surface area contributed by atoms with Crippen molar-refractivity contribution in [1.29, 1.82) is 0 Å². The Morgan fingerprint density at radius 3 is 2.47 bits per heavy atom. The summed E-state index contributed by atoms with van der Waals surface area (Å²) >= 11 is 0. The summed E-state index contributed by atoms with van der Waals surface area (Å²) in [6, 6.07) is 26.5. The molecule has 3 aromatic carbocycles. The summed E-state index contributed by atoms with van der Waals surface area (Å²) in [5.74, 6) is 2.26. The van der Waals surface area contributed by atoms with Crippen molar-refractivity contribution in [3.8, 4) is 11.1 Å². The number of hydrogen-bond acceptors (Lipinski definition) is 3. The van der Waals surface area contributed by atoms with Gasteiger partial charge in [0.15, 0.2) is 0 Å². The van der Waals surface area contributed by atoms with Gasteiger partial charge in [0, 0.05) is 39.0 Å². The number of hydrogen-bond donors (Lipinski definition) is 0. The zero-order valence-corrected chi connectivity index (χ0v) is 18.4. The monoisotopic (exact) mass is 420 g/mol. The van der Waals surface area contributed by atoms with E-state index in [1.54, 1.807) is 0 Å². The Hall–Kier alpha value is -3.24. The van der Waals surface area contributed by atoms with Crippen LogP contribution >= 0.6 is 0 Å². The number of nitrogens with zero attached hydrogens (tertiary/aromatic N) is 4. The van der Waals surface area contributed by atoms with Crippen LogP contribution in [-0.4, -0.2) is 32.8 Å². The third kappa shape index (κ3) is 3.76. The first-order valence-electron chi connectivity index (χ1n) is 11.7. The Morgan fingerprint density at radius 1 is 0.688 bits per heavy atom. The van der Waals surface area contributed by atoms with Gasteiger partial charge in [-0.25, -0.2) is 0 Å². The second-order valence-corrected chi connectivity index (χ2v) is 9.02. The lowest BCUT2D eigenvalue weighted by Gasteiger charge is -2.20. The highest BCUT2D eigenvalue weighted by atomic mass is 15.3. The first-order chi connectivity index (χ1) is 15.8. The van der Waals surface area contributed by atoms with Gasteiger partial charge in [0.2, 0.25) is 0 Å². The second kappa shape index (κ2) is 8.36. The quantitative estimate of drug-likeness (QED) is 0.414. The molecule has 0 fully saturated rings. The number of aromatic nitrogens is 3. The van der Waals surface area contributed by atoms with Gasteiger partial charge in [-0.2, -0.15) is 0 Å². The third-order valence-corrected chi connectivity index (χ3v) is 6.94. The summed E-state index contributed by atoms with van der Waals surface area (Å²) in [5, 5.41) is 9.04. The molecule has 0 spiro atoms. The third-order valence-electron chi connectivity index (χ3n) is 6.94. The molecule has 2 aliphatic rings. The molecule has 160 valence electrons. The van der Waals surface area contributed by atoms with E-state index in [1.165, 1.54) is 33.4 Å². The molecule has 0 radical (unpaired) electrons. The molecule has 0 saturated heterocycles. The van der Waals surface area contributed by atoms with Gasteiger partial charge in [-0.05, 0) is 46.2 Å². The van der Waals surface area contributed by atoms with Crippen LogP contribution in [0.15, 0.2) is 72.8 Å². The fourth-order valence-electron chi connectivity index (χ4n) is 5.23. The van der Waals surface area contributed by atoms with Crippen molar-refractivity contribution in [2.45, 2.75) is 38.8 Å².